The molecule has 0 aliphatic heterocycles. The number of rotatable bonds is 5. The van der Waals surface area contributed by atoms with Gasteiger partial charge >= 0.3 is 5.63 Å². The van der Waals surface area contributed by atoms with Gasteiger partial charge in [0.1, 0.15) is 5.58 Å². The van der Waals surface area contributed by atoms with Crippen LogP contribution in [0.25, 0.3) is 21.7 Å². The summed E-state index contributed by atoms with van der Waals surface area (Å²) in [6.07, 6.45) is 0. The third-order valence-electron chi connectivity index (χ3n) is 4.58. The molecule has 0 unspecified atom stereocenters. The van der Waals surface area contributed by atoms with Gasteiger partial charge in [-0.05, 0) is 34.5 Å². The van der Waals surface area contributed by atoms with Crippen LogP contribution in [0.2, 0.25) is 0 Å². The molecule has 3 aromatic carbocycles. The Kier molecular flexibility index (Phi) is 4.42. The van der Waals surface area contributed by atoms with Crippen molar-refractivity contribution in [3.8, 4) is 11.5 Å². The van der Waals surface area contributed by atoms with Crippen LogP contribution in [0.5, 0.6) is 11.5 Å². The van der Waals surface area contributed by atoms with Crippen molar-refractivity contribution in [3.63, 3.8) is 0 Å². The molecule has 0 atom stereocenters. The summed E-state index contributed by atoms with van der Waals surface area (Å²) < 4.78 is 16.0. The first-order valence-corrected chi connectivity index (χ1v) is 8.60. The average molecular weight is 361 g/mol. The van der Waals surface area contributed by atoms with Gasteiger partial charge in [-0.1, -0.05) is 30.3 Å². The summed E-state index contributed by atoms with van der Waals surface area (Å²) in [6.45, 7) is 0.478. The minimum atomic E-state index is -0.359. The highest BCUT2D eigenvalue weighted by atomic mass is 16.5. The predicted molar refractivity (Wildman–Crippen MR) is 107 cm³/mol. The highest BCUT2D eigenvalue weighted by Gasteiger charge is 2.10. The Bertz CT molecular complexity index is 1180. The van der Waals surface area contributed by atoms with E-state index in [2.05, 4.69) is 5.32 Å². The summed E-state index contributed by atoms with van der Waals surface area (Å²) in [5, 5.41) is 6.46. The quantitative estimate of drug-likeness (QED) is 0.417. The molecular formula is C22H19NO4. The fraction of sp³-hybridized carbons (Fsp3) is 0.136. The molecule has 5 nitrogen and oxygen atoms in total. The minimum absolute atomic E-state index is 0.359. The lowest BCUT2D eigenvalue weighted by Gasteiger charge is -2.13. The molecule has 0 saturated carbocycles. The third-order valence-corrected chi connectivity index (χ3v) is 4.58. The Morgan fingerprint density at radius 2 is 1.74 bits per heavy atom. The molecule has 1 N–H and O–H groups in total. The van der Waals surface area contributed by atoms with Gasteiger partial charge in [0, 0.05) is 29.8 Å². The second-order valence-corrected chi connectivity index (χ2v) is 6.17. The molecular weight excluding hydrogens is 342 g/mol. The highest BCUT2D eigenvalue weighted by Crippen LogP contribution is 2.31. The zero-order valence-electron chi connectivity index (χ0n) is 15.1. The van der Waals surface area contributed by atoms with Gasteiger partial charge in [-0.25, -0.2) is 4.79 Å². The monoisotopic (exact) mass is 361 g/mol. The fourth-order valence-corrected chi connectivity index (χ4v) is 3.30. The van der Waals surface area contributed by atoms with E-state index >= 15 is 0 Å². The van der Waals surface area contributed by atoms with Gasteiger partial charge in [-0.15, -0.1) is 0 Å². The standard InChI is InChI=1S/C22H19NO4/c1-25-18-10-8-16(12-20(18)26-2)23-13-15-11-21(24)27-19-9-7-14-5-3-4-6-17(14)22(15)19/h3-12,23H,13H2,1-2H3. The first kappa shape index (κ1) is 17.0. The smallest absolute Gasteiger partial charge is 0.336 e. The van der Waals surface area contributed by atoms with E-state index in [0.717, 1.165) is 27.4 Å². The van der Waals surface area contributed by atoms with E-state index in [4.69, 9.17) is 13.9 Å². The first-order chi connectivity index (χ1) is 13.2. The molecule has 0 aliphatic rings. The maximum atomic E-state index is 12.0. The molecule has 4 rings (SSSR count). The molecule has 5 heteroatoms. The second-order valence-electron chi connectivity index (χ2n) is 6.17. The Balaban J connectivity index is 1.76. The normalized spacial score (nSPS) is 10.9. The van der Waals surface area contributed by atoms with Gasteiger partial charge in [-0.3, -0.25) is 0 Å². The summed E-state index contributed by atoms with van der Waals surface area (Å²) in [5.41, 5.74) is 1.98. The lowest BCUT2D eigenvalue weighted by Crippen LogP contribution is -2.06. The van der Waals surface area contributed by atoms with Crippen molar-refractivity contribution in [2.75, 3.05) is 19.5 Å². The minimum Gasteiger partial charge on any atom is -0.493 e. The van der Waals surface area contributed by atoms with Crippen LogP contribution in [-0.2, 0) is 6.54 Å². The molecule has 0 amide bonds. The van der Waals surface area contributed by atoms with E-state index in [1.807, 2.05) is 54.6 Å². The molecule has 0 fully saturated rings. The molecule has 1 heterocycles. The fourth-order valence-electron chi connectivity index (χ4n) is 3.30. The van der Waals surface area contributed by atoms with Crippen LogP contribution in [0, 0.1) is 0 Å². The molecule has 0 radical (unpaired) electrons. The van der Waals surface area contributed by atoms with E-state index in [1.165, 1.54) is 0 Å². The lowest BCUT2D eigenvalue weighted by atomic mass is 10.0. The largest absolute Gasteiger partial charge is 0.493 e. The van der Waals surface area contributed by atoms with Crippen LogP contribution in [0.4, 0.5) is 5.69 Å². The second kappa shape index (κ2) is 7.03. The van der Waals surface area contributed by atoms with Gasteiger partial charge < -0.3 is 19.2 Å². The van der Waals surface area contributed by atoms with Gasteiger partial charge in [0.15, 0.2) is 11.5 Å². The lowest BCUT2D eigenvalue weighted by molar-refractivity contribution is 0.355. The summed E-state index contributed by atoms with van der Waals surface area (Å²) >= 11 is 0. The average Bonchev–Trinajstić information content (AvgIpc) is 2.71. The van der Waals surface area contributed by atoms with E-state index < -0.39 is 0 Å². The van der Waals surface area contributed by atoms with Crippen LogP contribution in [0.3, 0.4) is 0 Å². The molecule has 4 aromatic rings. The summed E-state index contributed by atoms with van der Waals surface area (Å²) in [7, 11) is 3.20. The predicted octanol–water partition coefficient (Wildman–Crippen LogP) is 4.58. The van der Waals surface area contributed by atoms with Crippen LogP contribution in [0.15, 0.2) is 69.9 Å². The molecule has 27 heavy (non-hydrogen) atoms. The Morgan fingerprint density at radius 1 is 0.926 bits per heavy atom. The zero-order chi connectivity index (χ0) is 18.8. The van der Waals surface area contributed by atoms with Gasteiger partial charge in [0.05, 0.1) is 14.2 Å². The van der Waals surface area contributed by atoms with Crippen LogP contribution < -0.4 is 20.4 Å². The van der Waals surface area contributed by atoms with Crippen molar-refractivity contribution >= 4 is 27.4 Å². The molecule has 0 bridgehead atoms. The maximum Gasteiger partial charge on any atom is 0.336 e. The van der Waals surface area contributed by atoms with E-state index in [-0.39, 0.29) is 5.63 Å². The molecule has 0 spiro atoms. The molecule has 1 aromatic heterocycles. The van der Waals surface area contributed by atoms with Crippen LogP contribution >= 0.6 is 0 Å². The Morgan fingerprint density at radius 3 is 2.56 bits per heavy atom. The number of ether oxygens (including phenoxy) is 2. The Hall–Kier alpha value is -3.47. The number of nitrogens with one attached hydrogen (secondary N) is 1. The summed E-state index contributed by atoms with van der Waals surface area (Å²) in [4.78, 5) is 12.0. The van der Waals surface area contributed by atoms with Gasteiger partial charge in [0.25, 0.3) is 0 Å². The number of benzene rings is 3. The van der Waals surface area contributed by atoms with Crippen molar-refractivity contribution in [1.82, 2.24) is 0 Å². The van der Waals surface area contributed by atoms with Crippen molar-refractivity contribution in [3.05, 3.63) is 76.6 Å². The third kappa shape index (κ3) is 3.19. The van der Waals surface area contributed by atoms with Crippen molar-refractivity contribution in [2.45, 2.75) is 6.54 Å². The molecule has 136 valence electrons. The van der Waals surface area contributed by atoms with E-state index in [0.29, 0.717) is 23.6 Å². The molecule has 0 aliphatic carbocycles. The number of hydrogen-bond donors (Lipinski definition) is 1. The van der Waals surface area contributed by atoms with Gasteiger partial charge in [-0.2, -0.15) is 0 Å². The topological polar surface area (TPSA) is 60.7 Å². The molecule has 0 saturated heterocycles. The van der Waals surface area contributed by atoms with Crippen LogP contribution in [-0.4, -0.2) is 14.2 Å². The summed E-state index contributed by atoms with van der Waals surface area (Å²) in [5.74, 6) is 1.31. The zero-order valence-corrected chi connectivity index (χ0v) is 15.1. The van der Waals surface area contributed by atoms with Crippen molar-refractivity contribution < 1.29 is 13.9 Å². The summed E-state index contributed by atoms with van der Waals surface area (Å²) in [6, 6.07) is 19.0. The van der Waals surface area contributed by atoms with E-state index in [1.54, 1.807) is 20.3 Å². The number of anilines is 1. The Labute approximate surface area is 156 Å². The van der Waals surface area contributed by atoms with Crippen molar-refractivity contribution in [2.24, 2.45) is 0 Å². The van der Waals surface area contributed by atoms with Crippen LogP contribution in [0.1, 0.15) is 5.56 Å². The SMILES string of the molecule is COc1ccc(NCc2cc(=O)oc3ccc4ccccc4c23)cc1OC. The van der Waals surface area contributed by atoms with E-state index in [9.17, 15) is 4.79 Å². The number of hydrogen-bond acceptors (Lipinski definition) is 5. The number of methoxy groups -OCH3 is 2. The highest BCUT2D eigenvalue weighted by molar-refractivity contribution is 6.07. The maximum absolute atomic E-state index is 12.0. The van der Waals surface area contributed by atoms with Gasteiger partial charge in [0.2, 0.25) is 0 Å². The van der Waals surface area contributed by atoms with Crippen molar-refractivity contribution in [1.29, 1.82) is 0 Å². The number of fused-ring (bicyclic) bond motifs is 3. The first-order valence-electron chi connectivity index (χ1n) is 8.60.